The molecule has 0 radical (unpaired) electrons. The number of nitrogens with zero attached hydrogens (tertiary/aromatic N) is 2. The molecule has 70 heavy (non-hydrogen) atoms. The second-order valence-corrected chi connectivity index (χ2v) is 17.2. The van der Waals surface area contributed by atoms with E-state index in [2.05, 4.69) is 57.2 Å². The molecule has 22 heteroatoms. The Kier molecular flexibility index (Phi) is 18.0. The maximum absolute atomic E-state index is 14.8. The molecule has 3 aromatic carbocycles. The maximum atomic E-state index is 14.8. The molecular weight excluding hydrogens is 901 g/mol. The summed E-state index contributed by atoms with van der Waals surface area (Å²) < 4.78 is 0. The molecule has 1 aliphatic rings. The van der Waals surface area contributed by atoms with Crippen LogP contribution in [0.3, 0.4) is 0 Å². The second kappa shape index (κ2) is 24.6. The van der Waals surface area contributed by atoms with Gasteiger partial charge in [0.05, 0.1) is 12.7 Å². The van der Waals surface area contributed by atoms with E-state index in [-0.39, 0.29) is 57.6 Å². The molecule has 1 aliphatic heterocycles. The van der Waals surface area contributed by atoms with Crippen LogP contribution in [0.1, 0.15) is 62.3 Å². The van der Waals surface area contributed by atoms with Gasteiger partial charge in [-0.2, -0.15) is 0 Å². The summed E-state index contributed by atoms with van der Waals surface area (Å²) in [5.74, 6) is -6.22. The minimum Gasteiger partial charge on any atom is -0.370 e. The SMILES string of the molecule is CC(=O)N[C@H]1CC(=O)NCCCC[C@H](C(N)=O)NC(=O)[C@@H](Cc2c[nH]c3ccccc23)NC(=O)[C@H](CCCN=C(N)N)NC(=O)[C@@H](Cc2ccc3ccccc3c2)NC(=O)[C@H](Cc2cnc[nH]2)NC1=O. The number of H-pyrrole nitrogens is 2. The summed E-state index contributed by atoms with van der Waals surface area (Å²) in [6, 6.07) is 12.4. The number of carbonyl (C=O) groups is 8. The number of rotatable bonds is 12. The zero-order chi connectivity index (χ0) is 50.2. The highest BCUT2D eigenvalue weighted by atomic mass is 16.2. The molecule has 8 amide bonds. The van der Waals surface area contributed by atoms with Crippen molar-refractivity contribution in [1.29, 1.82) is 0 Å². The third-order valence-electron chi connectivity index (χ3n) is 11.8. The van der Waals surface area contributed by atoms with E-state index in [0.29, 0.717) is 29.7 Å². The molecule has 15 N–H and O–H groups in total. The molecule has 0 aliphatic carbocycles. The van der Waals surface area contributed by atoms with Crippen LogP contribution in [0.25, 0.3) is 21.7 Å². The Morgan fingerprint density at radius 2 is 1.39 bits per heavy atom. The lowest BCUT2D eigenvalue weighted by molar-refractivity contribution is -0.135. The number of amides is 8. The lowest BCUT2D eigenvalue weighted by Crippen LogP contribution is -2.60. The van der Waals surface area contributed by atoms with Gasteiger partial charge in [0, 0.05) is 68.3 Å². The van der Waals surface area contributed by atoms with Crippen LogP contribution < -0.4 is 54.4 Å². The number of primary amides is 1. The molecule has 0 spiro atoms. The van der Waals surface area contributed by atoms with E-state index in [4.69, 9.17) is 17.2 Å². The maximum Gasteiger partial charge on any atom is 0.243 e. The van der Waals surface area contributed by atoms with Crippen molar-refractivity contribution in [1.82, 2.24) is 52.2 Å². The van der Waals surface area contributed by atoms with E-state index >= 15 is 0 Å². The third kappa shape index (κ3) is 14.8. The molecule has 6 rings (SSSR count). The molecule has 0 saturated carbocycles. The first-order valence-electron chi connectivity index (χ1n) is 23.0. The van der Waals surface area contributed by atoms with Crippen molar-refractivity contribution in [3.8, 4) is 0 Å². The number of aromatic nitrogens is 3. The van der Waals surface area contributed by atoms with E-state index in [1.54, 1.807) is 12.3 Å². The lowest BCUT2D eigenvalue weighted by Gasteiger charge is -2.27. The Bertz CT molecular complexity index is 2700. The van der Waals surface area contributed by atoms with Gasteiger partial charge < -0.3 is 64.4 Å². The van der Waals surface area contributed by atoms with Gasteiger partial charge in [0.2, 0.25) is 47.3 Å². The van der Waals surface area contributed by atoms with E-state index in [9.17, 15) is 38.4 Å². The van der Waals surface area contributed by atoms with E-state index < -0.39 is 89.9 Å². The molecule has 370 valence electrons. The Morgan fingerprint density at radius 1 is 0.729 bits per heavy atom. The van der Waals surface area contributed by atoms with Crippen LogP contribution in [-0.4, -0.2) is 118 Å². The van der Waals surface area contributed by atoms with Crippen LogP contribution in [0.5, 0.6) is 0 Å². The van der Waals surface area contributed by atoms with Gasteiger partial charge in [0.15, 0.2) is 5.96 Å². The largest absolute Gasteiger partial charge is 0.370 e. The Labute approximate surface area is 402 Å². The second-order valence-electron chi connectivity index (χ2n) is 17.2. The topological polar surface area (TPSA) is 356 Å². The number of nitrogens with one attached hydrogen (secondary N) is 9. The predicted molar refractivity (Wildman–Crippen MR) is 260 cm³/mol. The molecule has 22 nitrogen and oxygen atoms in total. The van der Waals surface area contributed by atoms with Crippen LogP contribution in [0, 0.1) is 0 Å². The molecule has 3 heterocycles. The Balaban J connectivity index is 1.39. The van der Waals surface area contributed by atoms with Gasteiger partial charge in [-0.15, -0.1) is 0 Å². The summed E-state index contributed by atoms with van der Waals surface area (Å²) in [7, 11) is 0. The summed E-state index contributed by atoms with van der Waals surface area (Å²) in [4.78, 5) is 125. The van der Waals surface area contributed by atoms with Crippen molar-refractivity contribution >= 4 is 74.9 Å². The van der Waals surface area contributed by atoms with Crippen LogP contribution in [0.15, 0.2) is 90.4 Å². The number of fused-ring (bicyclic) bond motifs is 2. The molecular formula is C48H60N14O8. The van der Waals surface area contributed by atoms with Crippen LogP contribution in [0.4, 0.5) is 0 Å². The van der Waals surface area contributed by atoms with E-state index in [1.165, 1.54) is 19.4 Å². The summed E-state index contributed by atoms with van der Waals surface area (Å²) >= 11 is 0. The number of hydrogen-bond donors (Lipinski definition) is 12. The molecule has 0 unspecified atom stereocenters. The number of aromatic amines is 2. The number of para-hydroxylation sites is 1. The summed E-state index contributed by atoms with van der Waals surface area (Å²) in [6.07, 6.45) is 4.61. The highest BCUT2D eigenvalue weighted by molar-refractivity contribution is 5.98. The van der Waals surface area contributed by atoms with Gasteiger partial charge in [0.25, 0.3) is 0 Å². The number of hydrogen-bond acceptors (Lipinski definition) is 10. The minimum absolute atomic E-state index is 0.0356. The van der Waals surface area contributed by atoms with Crippen molar-refractivity contribution < 1.29 is 38.4 Å². The van der Waals surface area contributed by atoms with Gasteiger partial charge in [-0.1, -0.05) is 60.7 Å². The van der Waals surface area contributed by atoms with Gasteiger partial charge in [0.1, 0.15) is 36.3 Å². The van der Waals surface area contributed by atoms with E-state index in [0.717, 1.165) is 21.7 Å². The molecule has 0 bridgehead atoms. The number of guanidine groups is 1. The standard InChI is InChI=1S/C48H60N14O8/c1-27(63)57-40-23-41(64)53-17-7-6-13-35(42(49)65)58-45(68)38(21-31-24-55-34-12-5-4-11-33(31)34)61-43(66)36(14-8-18-54-48(50)51)59-44(67)37(20-28-15-16-29-9-2-3-10-30(29)19-28)60-46(69)39(62-47(40)70)22-32-25-52-26-56-32/h2-5,9-12,15-16,19,24-26,35-40,55H,6-8,13-14,17-18,20-23H2,1H3,(H2,49,65)(H,52,56)(H,53,64)(H,57,63)(H,58,68)(H,59,67)(H,60,69)(H,61,66)(H,62,70)(H4,50,51,54)/t35-,36+,37-,38-,39+,40+/m1/s1. The summed E-state index contributed by atoms with van der Waals surface area (Å²) in [6.45, 7) is 1.35. The van der Waals surface area contributed by atoms with Crippen molar-refractivity contribution in [3.05, 3.63) is 102 Å². The summed E-state index contributed by atoms with van der Waals surface area (Å²) in [5, 5.41) is 21.5. The molecule has 2 aromatic heterocycles. The fourth-order valence-corrected chi connectivity index (χ4v) is 8.20. The molecule has 1 saturated heterocycles. The normalized spacial score (nSPS) is 21.6. The number of nitrogens with two attached hydrogens (primary N) is 3. The Morgan fingerprint density at radius 3 is 2.10 bits per heavy atom. The van der Waals surface area contributed by atoms with Crippen LogP contribution in [0.2, 0.25) is 0 Å². The highest BCUT2D eigenvalue weighted by Crippen LogP contribution is 2.21. The highest BCUT2D eigenvalue weighted by Gasteiger charge is 2.34. The quantitative estimate of drug-likeness (QED) is 0.0419. The first-order valence-corrected chi connectivity index (χ1v) is 23.0. The van der Waals surface area contributed by atoms with Crippen molar-refractivity contribution in [2.45, 2.75) is 101 Å². The molecule has 6 atom stereocenters. The fraction of sp³-hybridized carbons (Fsp3) is 0.375. The number of benzene rings is 3. The van der Waals surface area contributed by atoms with Gasteiger partial charge in [-0.05, 0) is 60.1 Å². The van der Waals surface area contributed by atoms with Crippen molar-refractivity contribution in [2.75, 3.05) is 13.1 Å². The minimum atomic E-state index is -1.42. The third-order valence-corrected chi connectivity index (χ3v) is 11.8. The van der Waals surface area contributed by atoms with Crippen molar-refractivity contribution in [2.24, 2.45) is 22.2 Å². The van der Waals surface area contributed by atoms with Crippen LogP contribution in [-0.2, 0) is 57.6 Å². The fourth-order valence-electron chi connectivity index (χ4n) is 8.20. The smallest absolute Gasteiger partial charge is 0.243 e. The zero-order valence-corrected chi connectivity index (χ0v) is 38.7. The summed E-state index contributed by atoms with van der Waals surface area (Å²) in [5.41, 5.74) is 19.5. The number of imidazole rings is 1. The van der Waals surface area contributed by atoms with Crippen LogP contribution >= 0.6 is 0 Å². The van der Waals surface area contributed by atoms with Gasteiger partial charge >= 0.3 is 0 Å². The zero-order valence-electron chi connectivity index (χ0n) is 38.7. The van der Waals surface area contributed by atoms with Gasteiger partial charge in [-0.3, -0.25) is 43.3 Å². The average molecular weight is 961 g/mol. The van der Waals surface area contributed by atoms with E-state index in [1.807, 2.05) is 60.7 Å². The van der Waals surface area contributed by atoms with Gasteiger partial charge in [-0.25, -0.2) is 4.98 Å². The predicted octanol–water partition coefficient (Wildman–Crippen LogP) is -0.770. The van der Waals surface area contributed by atoms with Crippen molar-refractivity contribution in [3.63, 3.8) is 0 Å². The lowest BCUT2D eigenvalue weighted by atomic mass is 9.99. The molecule has 1 fully saturated rings. The monoisotopic (exact) mass is 960 g/mol. The first kappa shape index (κ1) is 51.1. The first-order chi connectivity index (χ1) is 33.6. The number of aliphatic imine (C=N–C) groups is 1. The number of carbonyl (C=O) groups excluding carboxylic acids is 8. The Hall–Kier alpha value is -8.30. The average Bonchev–Trinajstić information content (AvgIpc) is 4.00. The molecule has 5 aromatic rings.